The number of sulfone groups is 1. The first kappa shape index (κ1) is 23.2. The Morgan fingerprint density at radius 3 is 2.19 bits per heavy atom. The van der Waals surface area contributed by atoms with E-state index in [4.69, 9.17) is 16.3 Å². The minimum Gasteiger partial charge on any atom is -0.492 e. The van der Waals surface area contributed by atoms with E-state index in [1.165, 1.54) is 12.1 Å². The summed E-state index contributed by atoms with van der Waals surface area (Å²) >= 11 is 5.96. The Balaban J connectivity index is 1.53. The molecule has 3 aromatic carbocycles. The van der Waals surface area contributed by atoms with Crippen LogP contribution in [-0.2, 0) is 9.84 Å². The van der Waals surface area contributed by atoms with Crippen LogP contribution in [0.25, 0.3) is 11.1 Å². The number of hydrogen-bond acceptors (Lipinski definition) is 6. The van der Waals surface area contributed by atoms with Gasteiger partial charge in [0.2, 0.25) is 0 Å². The van der Waals surface area contributed by atoms with Gasteiger partial charge in [0, 0.05) is 18.4 Å². The second kappa shape index (κ2) is 9.80. The van der Waals surface area contributed by atoms with Crippen molar-refractivity contribution in [2.75, 3.05) is 19.4 Å². The third-order valence-corrected chi connectivity index (χ3v) is 5.99. The predicted molar refractivity (Wildman–Crippen MR) is 121 cm³/mol. The molecule has 0 aliphatic heterocycles. The minimum absolute atomic E-state index is 0.0205. The molecule has 0 bridgehead atoms. The quantitative estimate of drug-likeness (QED) is 0.298. The van der Waals surface area contributed by atoms with Crippen molar-refractivity contribution in [2.24, 2.45) is 0 Å². The molecule has 0 heterocycles. The number of nitrogens with one attached hydrogen (secondary N) is 1. The first-order chi connectivity index (χ1) is 15.1. The number of carbonyl (C=O) groups excluding carboxylic acids is 1. The largest absolute Gasteiger partial charge is 0.492 e. The van der Waals surface area contributed by atoms with E-state index in [0.29, 0.717) is 5.75 Å². The Bertz CT molecular complexity index is 1240. The van der Waals surface area contributed by atoms with Gasteiger partial charge in [0.05, 0.1) is 26.9 Å². The summed E-state index contributed by atoms with van der Waals surface area (Å²) in [6.07, 6.45) is 1.16. The van der Waals surface area contributed by atoms with Gasteiger partial charge in [-0.2, -0.15) is 0 Å². The number of rotatable bonds is 8. The van der Waals surface area contributed by atoms with E-state index < -0.39 is 20.7 Å². The van der Waals surface area contributed by atoms with Gasteiger partial charge in [-0.3, -0.25) is 14.9 Å². The zero-order valence-corrected chi connectivity index (χ0v) is 18.5. The fourth-order valence-electron chi connectivity index (χ4n) is 2.87. The Morgan fingerprint density at radius 2 is 1.62 bits per heavy atom. The molecule has 1 amide bonds. The van der Waals surface area contributed by atoms with Crippen molar-refractivity contribution in [2.45, 2.75) is 4.90 Å². The number of nitro groups is 1. The number of amides is 1. The van der Waals surface area contributed by atoms with Crippen LogP contribution in [0.3, 0.4) is 0 Å². The van der Waals surface area contributed by atoms with Crippen molar-refractivity contribution in [3.63, 3.8) is 0 Å². The van der Waals surface area contributed by atoms with Gasteiger partial charge in [0.15, 0.2) is 9.84 Å². The highest BCUT2D eigenvalue weighted by atomic mass is 35.5. The molecule has 0 radical (unpaired) electrons. The summed E-state index contributed by atoms with van der Waals surface area (Å²) in [4.78, 5) is 22.7. The summed E-state index contributed by atoms with van der Waals surface area (Å²) in [5.74, 6) is 0.0549. The highest BCUT2D eigenvalue weighted by Crippen LogP contribution is 2.24. The number of non-ortho nitro benzene ring substituents is 1. The van der Waals surface area contributed by atoms with Crippen LogP contribution in [0.2, 0.25) is 5.02 Å². The molecular formula is C22H19ClN2O6S. The number of ether oxygens (including phenoxy) is 1. The van der Waals surface area contributed by atoms with Crippen LogP contribution in [0.15, 0.2) is 71.6 Å². The van der Waals surface area contributed by atoms with Crippen LogP contribution in [0, 0.1) is 10.1 Å². The van der Waals surface area contributed by atoms with Crippen LogP contribution < -0.4 is 10.1 Å². The molecule has 1 N–H and O–H groups in total. The molecule has 32 heavy (non-hydrogen) atoms. The van der Waals surface area contributed by atoms with Crippen molar-refractivity contribution in [3.8, 4) is 16.9 Å². The van der Waals surface area contributed by atoms with Crippen LogP contribution in [-0.4, -0.2) is 38.7 Å². The molecule has 0 atom stereocenters. The standard InChI is InChI=1S/C22H19ClN2O6S/c1-32(29,30)19-9-4-16(5-10-19)15-2-7-18(8-3-15)31-13-12-24-22(26)20-14-17(25(27)28)6-11-21(20)23/h2-11,14H,12-13H2,1H3,(H,24,26). The molecule has 3 rings (SSSR count). The second-order valence-electron chi connectivity index (χ2n) is 6.85. The molecular weight excluding hydrogens is 456 g/mol. The summed E-state index contributed by atoms with van der Waals surface area (Å²) in [5.41, 5.74) is 1.56. The molecule has 10 heteroatoms. The first-order valence-electron chi connectivity index (χ1n) is 9.40. The molecule has 0 aliphatic rings. The monoisotopic (exact) mass is 474 g/mol. The lowest BCUT2D eigenvalue weighted by atomic mass is 10.1. The zero-order valence-electron chi connectivity index (χ0n) is 16.9. The van der Waals surface area contributed by atoms with E-state index in [9.17, 15) is 23.3 Å². The second-order valence-corrected chi connectivity index (χ2v) is 9.27. The lowest BCUT2D eigenvalue weighted by molar-refractivity contribution is -0.384. The summed E-state index contributed by atoms with van der Waals surface area (Å²) < 4.78 is 28.7. The van der Waals surface area contributed by atoms with E-state index >= 15 is 0 Å². The maximum Gasteiger partial charge on any atom is 0.270 e. The van der Waals surface area contributed by atoms with Gasteiger partial charge < -0.3 is 10.1 Å². The van der Waals surface area contributed by atoms with Gasteiger partial charge in [-0.1, -0.05) is 35.9 Å². The van der Waals surface area contributed by atoms with Crippen LogP contribution in [0.5, 0.6) is 5.75 Å². The van der Waals surface area contributed by atoms with Crippen LogP contribution >= 0.6 is 11.6 Å². The topological polar surface area (TPSA) is 116 Å². The average molecular weight is 475 g/mol. The number of hydrogen-bond donors (Lipinski definition) is 1. The normalized spacial score (nSPS) is 11.1. The highest BCUT2D eigenvalue weighted by molar-refractivity contribution is 7.90. The third-order valence-electron chi connectivity index (χ3n) is 4.53. The number of nitrogens with zero attached hydrogens (tertiary/aromatic N) is 1. The highest BCUT2D eigenvalue weighted by Gasteiger charge is 2.15. The van der Waals surface area contributed by atoms with Gasteiger partial charge in [-0.15, -0.1) is 0 Å². The van der Waals surface area contributed by atoms with Crippen molar-refractivity contribution < 1.29 is 22.9 Å². The van der Waals surface area contributed by atoms with Crippen molar-refractivity contribution in [3.05, 3.63) is 87.4 Å². The molecule has 0 spiro atoms. The van der Waals surface area contributed by atoms with E-state index in [2.05, 4.69) is 5.32 Å². The van der Waals surface area contributed by atoms with Gasteiger partial charge >= 0.3 is 0 Å². The molecule has 166 valence electrons. The first-order valence-corrected chi connectivity index (χ1v) is 11.7. The van der Waals surface area contributed by atoms with Gasteiger partial charge in [0.1, 0.15) is 12.4 Å². The van der Waals surface area contributed by atoms with E-state index in [0.717, 1.165) is 23.4 Å². The summed E-state index contributed by atoms with van der Waals surface area (Å²) in [6.45, 7) is 0.354. The molecule has 0 aliphatic carbocycles. The number of carbonyl (C=O) groups is 1. The summed E-state index contributed by atoms with van der Waals surface area (Å²) in [5, 5.41) is 13.6. The SMILES string of the molecule is CS(=O)(=O)c1ccc(-c2ccc(OCCNC(=O)c3cc([N+](=O)[O-])ccc3Cl)cc2)cc1. The number of halogens is 1. The molecule has 3 aromatic rings. The fourth-order valence-corrected chi connectivity index (χ4v) is 3.70. The molecule has 0 saturated carbocycles. The van der Waals surface area contributed by atoms with Gasteiger partial charge in [-0.25, -0.2) is 8.42 Å². The molecule has 0 fully saturated rings. The van der Waals surface area contributed by atoms with E-state index in [1.807, 2.05) is 12.1 Å². The average Bonchev–Trinajstić information content (AvgIpc) is 2.76. The van der Waals surface area contributed by atoms with Crippen molar-refractivity contribution in [1.29, 1.82) is 0 Å². The van der Waals surface area contributed by atoms with E-state index in [1.54, 1.807) is 36.4 Å². The Labute approximate surface area is 189 Å². The molecule has 8 nitrogen and oxygen atoms in total. The molecule has 0 aromatic heterocycles. The number of benzene rings is 3. The lowest BCUT2D eigenvalue weighted by Crippen LogP contribution is -2.28. The molecule has 0 unspecified atom stereocenters. The maximum absolute atomic E-state index is 12.2. The number of nitro benzene ring substituents is 1. The van der Waals surface area contributed by atoms with Crippen LogP contribution in [0.1, 0.15) is 10.4 Å². The summed E-state index contributed by atoms with van der Waals surface area (Å²) in [6, 6.07) is 17.5. The van der Waals surface area contributed by atoms with Gasteiger partial charge in [0.25, 0.3) is 11.6 Å². The van der Waals surface area contributed by atoms with Crippen LogP contribution in [0.4, 0.5) is 5.69 Å². The predicted octanol–water partition coefficient (Wildman–Crippen LogP) is 4.13. The minimum atomic E-state index is -3.24. The Morgan fingerprint density at radius 1 is 1.03 bits per heavy atom. The molecule has 0 saturated heterocycles. The third kappa shape index (κ3) is 5.83. The zero-order chi connectivity index (χ0) is 23.3. The van der Waals surface area contributed by atoms with Crippen molar-refractivity contribution in [1.82, 2.24) is 5.32 Å². The van der Waals surface area contributed by atoms with Gasteiger partial charge in [-0.05, 0) is 41.5 Å². The van der Waals surface area contributed by atoms with Crippen molar-refractivity contribution >= 4 is 33.0 Å². The fraction of sp³-hybridized carbons (Fsp3) is 0.136. The Hall–Kier alpha value is -3.43. The Kier molecular flexibility index (Phi) is 7.12. The van der Waals surface area contributed by atoms with E-state index in [-0.39, 0.29) is 34.3 Å². The maximum atomic E-state index is 12.2. The lowest BCUT2D eigenvalue weighted by Gasteiger charge is -2.10. The smallest absolute Gasteiger partial charge is 0.270 e. The summed E-state index contributed by atoms with van der Waals surface area (Å²) in [7, 11) is -3.24.